The third-order valence-corrected chi connectivity index (χ3v) is 2.10. The maximum atomic E-state index is 9.71. The number of methoxy groups -OCH3 is 1. The molecule has 0 heterocycles. The zero-order valence-electron chi connectivity index (χ0n) is 9.11. The van der Waals surface area contributed by atoms with Gasteiger partial charge in [-0.25, -0.2) is 0 Å². The number of rotatable bonds is 9. The largest absolute Gasteiger partial charge is 0.396 e. The molecule has 0 aromatic carbocycles. The third-order valence-electron chi connectivity index (χ3n) is 2.10. The summed E-state index contributed by atoms with van der Waals surface area (Å²) in [5, 5.41) is 18.5. The fourth-order valence-electron chi connectivity index (χ4n) is 1.27. The lowest BCUT2D eigenvalue weighted by Crippen LogP contribution is -2.30. The molecule has 0 aliphatic rings. The average Bonchev–Trinajstić information content (AvgIpc) is 2.20. The molecule has 86 valence electrons. The van der Waals surface area contributed by atoms with Crippen LogP contribution in [0.1, 0.15) is 32.6 Å². The van der Waals surface area contributed by atoms with E-state index in [-0.39, 0.29) is 19.5 Å². The fraction of sp³-hybridized carbons (Fsp3) is 1.00. The van der Waals surface area contributed by atoms with Crippen molar-refractivity contribution >= 4 is 0 Å². The van der Waals surface area contributed by atoms with Gasteiger partial charge in [0.1, 0.15) is 6.79 Å². The first kappa shape index (κ1) is 13.8. The van der Waals surface area contributed by atoms with E-state index in [1.807, 2.05) is 0 Å². The van der Waals surface area contributed by atoms with Crippen LogP contribution in [0.3, 0.4) is 0 Å². The van der Waals surface area contributed by atoms with Gasteiger partial charge in [0.15, 0.2) is 0 Å². The highest BCUT2D eigenvalue weighted by atomic mass is 16.7. The Balaban J connectivity index is 3.77. The Bertz CT molecular complexity index is 119. The van der Waals surface area contributed by atoms with Crippen LogP contribution in [0.4, 0.5) is 0 Å². The van der Waals surface area contributed by atoms with Crippen molar-refractivity contribution in [3.63, 3.8) is 0 Å². The van der Waals surface area contributed by atoms with Crippen LogP contribution in [-0.2, 0) is 9.47 Å². The highest BCUT2D eigenvalue weighted by Crippen LogP contribution is 2.11. The minimum atomic E-state index is -0.503. The molecule has 0 fully saturated rings. The predicted molar refractivity (Wildman–Crippen MR) is 54.0 cm³/mol. The zero-order chi connectivity index (χ0) is 10.8. The molecule has 0 aliphatic carbocycles. The molecule has 4 heteroatoms. The van der Waals surface area contributed by atoms with Crippen molar-refractivity contribution in [3.05, 3.63) is 0 Å². The Labute approximate surface area is 85.8 Å². The molecule has 0 rings (SSSR count). The first-order chi connectivity index (χ1) is 6.76. The van der Waals surface area contributed by atoms with Crippen molar-refractivity contribution in [1.29, 1.82) is 0 Å². The third kappa shape index (κ3) is 6.32. The molecule has 2 atom stereocenters. The van der Waals surface area contributed by atoms with E-state index in [1.165, 1.54) is 7.11 Å². The summed E-state index contributed by atoms with van der Waals surface area (Å²) in [6, 6.07) is 0. The summed E-state index contributed by atoms with van der Waals surface area (Å²) in [6.07, 6.45) is 2.37. The van der Waals surface area contributed by atoms with E-state index in [0.29, 0.717) is 12.8 Å². The molecule has 0 radical (unpaired) electrons. The van der Waals surface area contributed by atoms with Gasteiger partial charge in [-0.1, -0.05) is 19.8 Å². The quantitative estimate of drug-likeness (QED) is 0.550. The van der Waals surface area contributed by atoms with Crippen LogP contribution in [0.25, 0.3) is 0 Å². The zero-order valence-corrected chi connectivity index (χ0v) is 9.11. The Hall–Kier alpha value is -0.160. The summed E-state index contributed by atoms with van der Waals surface area (Å²) in [5.74, 6) is 0. The number of unbranched alkanes of at least 4 members (excludes halogenated alkanes) is 1. The minimum absolute atomic E-state index is 0.0254. The summed E-state index contributed by atoms with van der Waals surface area (Å²) >= 11 is 0. The van der Waals surface area contributed by atoms with Crippen LogP contribution < -0.4 is 0 Å². The first-order valence-corrected chi connectivity index (χ1v) is 5.15. The van der Waals surface area contributed by atoms with Crippen LogP contribution in [-0.4, -0.2) is 42.9 Å². The normalized spacial score (nSPS) is 15.4. The molecule has 4 nitrogen and oxygen atoms in total. The monoisotopic (exact) mass is 206 g/mol. The lowest BCUT2D eigenvalue weighted by molar-refractivity contribution is -0.119. The smallest absolute Gasteiger partial charge is 0.146 e. The van der Waals surface area contributed by atoms with Crippen LogP contribution >= 0.6 is 0 Å². The van der Waals surface area contributed by atoms with Gasteiger partial charge < -0.3 is 19.7 Å². The average molecular weight is 206 g/mol. The standard InChI is InChI=1S/C10H22O4/c1-3-4-5-9(12)10(6-7-11)14-8-13-2/h9-12H,3-8H2,1-2H3/t9-,10+/m0/s1. The number of hydrogen-bond acceptors (Lipinski definition) is 4. The van der Waals surface area contributed by atoms with Gasteiger partial charge in [-0.3, -0.25) is 0 Å². The Morgan fingerprint density at radius 1 is 1.29 bits per heavy atom. The van der Waals surface area contributed by atoms with Gasteiger partial charge >= 0.3 is 0 Å². The highest BCUT2D eigenvalue weighted by Gasteiger charge is 2.18. The maximum absolute atomic E-state index is 9.71. The molecule has 0 bridgehead atoms. The van der Waals surface area contributed by atoms with Crippen LogP contribution in [0.2, 0.25) is 0 Å². The van der Waals surface area contributed by atoms with Gasteiger partial charge in [-0.2, -0.15) is 0 Å². The Kier molecular flexibility index (Phi) is 9.29. The molecular weight excluding hydrogens is 184 g/mol. The lowest BCUT2D eigenvalue weighted by atomic mass is 10.1. The lowest BCUT2D eigenvalue weighted by Gasteiger charge is -2.22. The molecule has 14 heavy (non-hydrogen) atoms. The molecular formula is C10H22O4. The van der Waals surface area contributed by atoms with Gasteiger partial charge in [-0.15, -0.1) is 0 Å². The topological polar surface area (TPSA) is 58.9 Å². The van der Waals surface area contributed by atoms with Gasteiger partial charge in [0.2, 0.25) is 0 Å². The fourth-order valence-corrected chi connectivity index (χ4v) is 1.27. The first-order valence-electron chi connectivity index (χ1n) is 5.15. The van der Waals surface area contributed by atoms with E-state index in [0.717, 1.165) is 12.8 Å². The number of aliphatic hydroxyl groups excluding tert-OH is 2. The number of ether oxygens (including phenoxy) is 2. The van der Waals surface area contributed by atoms with Crippen molar-refractivity contribution in [2.45, 2.75) is 44.8 Å². The van der Waals surface area contributed by atoms with Crippen LogP contribution in [0.5, 0.6) is 0 Å². The molecule has 0 aromatic heterocycles. The predicted octanol–water partition coefficient (Wildman–Crippen LogP) is 0.909. The number of aliphatic hydroxyl groups is 2. The van der Waals surface area contributed by atoms with Gasteiger partial charge in [-0.05, 0) is 12.8 Å². The van der Waals surface area contributed by atoms with Gasteiger partial charge in [0.05, 0.1) is 12.2 Å². The SMILES string of the molecule is CCCC[C@H](O)[C@@H](CCO)OCOC. The van der Waals surface area contributed by atoms with Crippen molar-refractivity contribution in [3.8, 4) is 0 Å². The van der Waals surface area contributed by atoms with E-state index < -0.39 is 6.10 Å². The second kappa shape index (κ2) is 9.40. The summed E-state index contributed by atoms with van der Waals surface area (Å²) in [6.45, 7) is 2.26. The van der Waals surface area contributed by atoms with Crippen LogP contribution in [0, 0.1) is 0 Å². The highest BCUT2D eigenvalue weighted by molar-refractivity contribution is 4.68. The van der Waals surface area contributed by atoms with E-state index in [1.54, 1.807) is 0 Å². The Morgan fingerprint density at radius 3 is 2.50 bits per heavy atom. The second-order valence-corrected chi connectivity index (χ2v) is 3.33. The summed E-state index contributed by atoms with van der Waals surface area (Å²) in [4.78, 5) is 0. The molecule has 2 N–H and O–H groups in total. The maximum Gasteiger partial charge on any atom is 0.146 e. The summed E-state index contributed by atoms with van der Waals surface area (Å²) in [7, 11) is 1.54. The Morgan fingerprint density at radius 2 is 2.00 bits per heavy atom. The molecule has 0 spiro atoms. The van der Waals surface area contributed by atoms with E-state index >= 15 is 0 Å². The molecule has 0 aromatic rings. The number of hydrogen-bond donors (Lipinski definition) is 2. The van der Waals surface area contributed by atoms with Crippen molar-refractivity contribution in [2.75, 3.05) is 20.5 Å². The van der Waals surface area contributed by atoms with Gasteiger partial charge in [0.25, 0.3) is 0 Å². The van der Waals surface area contributed by atoms with Crippen LogP contribution in [0.15, 0.2) is 0 Å². The summed E-state index contributed by atoms with van der Waals surface area (Å²) in [5.41, 5.74) is 0. The molecule has 0 unspecified atom stereocenters. The summed E-state index contributed by atoms with van der Waals surface area (Å²) < 4.78 is 10.0. The van der Waals surface area contributed by atoms with E-state index in [2.05, 4.69) is 6.92 Å². The molecule has 0 saturated carbocycles. The molecule has 0 amide bonds. The van der Waals surface area contributed by atoms with Crippen molar-refractivity contribution in [2.24, 2.45) is 0 Å². The minimum Gasteiger partial charge on any atom is -0.396 e. The van der Waals surface area contributed by atoms with Gasteiger partial charge in [0, 0.05) is 13.7 Å². The molecule has 0 aliphatic heterocycles. The van der Waals surface area contributed by atoms with E-state index in [4.69, 9.17) is 14.6 Å². The molecule has 0 saturated heterocycles. The van der Waals surface area contributed by atoms with E-state index in [9.17, 15) is 5.11 Å². The van der Waals surface area contributed by atoms with Crippen molar-refractivity contribution in [1.82, 2.24) is 0 Å². The second-order valence-electron chi connectivity index (χ2n) is 3.33. The van der Waals surface area contributed by atoms with Crippen molar-refractivity contribution < 1.29 is 19.7 Å².